The molecule has 0 atom stereocenters. The van der Waals surface area contributed by atoms with Crippen LogP contribution in [0.15, 0.2) is 174 Å². The number of nitrogens with zero attached hydrogens (tertiary/aromatic N) is 1. The van der Waals surface area contributed by atoms with Crippen molar-refractivity contribution in [2.75, 3.05) is 4.90 Å². The maximum Gasteiger partial charge on any atom is 0.150 e. The molecule has 0 radical (unpaired) electrons. The predicted octanol–water partition coefficient (Wildman–Crippen LogP) is 15.0. The van der Waals surface area contributed by atoms with Gasteiger partial charge >= 0.3 is 0 Å². The molecular weight excluding hydrogens is 683 g/mol. The second-order valence-electron chi connectivity index (χ2n) is 16.7. The molecule has 0 spiro atoms. The Morgan fingerprint density at radius 1 is 0.411 bits per heavy atom. The van der Waals surface area contributed by atoms with Crippen molar-refractivity contribution in [1.82, 2.24) is 0 Å². The highest BCUT2D eigenvalue weighted by atomic mass is 16.3. The summed E-state index contributed by atoms with van der Waals surface area (Å²) in [6, 6.07) is 60.4. The zero-order valence-electron chi connectivity index (χ0n) is 33.0. The maximum absolute atomic E-state index is 11.2. The first-order valence-corrected chi connectivity index (χ1v) is 19.3. The lowest BCUT2D eigenvalue weighted by Gasteiger charge is -2.26. The van der Waals surface area contributed by atoms with E-state index in [1.54, 1.807) is 6.07 Å². The van der Waals surface area contributed by atoms with Gasteiger partial charge in [0, 0.05) is 33.6 Å². The Labute approximate surface area is 330 Å². The van der Waals surface area contributed by atoms with Crippen molar-refractivity contribution >= 4 is 34.3 Å². The molecule has 0 N–H and O–H groups in total. The van der Waals surface area contributed by atoms with E-state index in [4.69, 9.17) is 4.42 Å². The van der Waals surface area contributed by atoms with E-state index < -0.39 is 0 Å². The number of carbonyl (C=O) groups is 1. The van der Waals surface area contributed by atoms with Gasteiger partial charge in [-0.15, -0.1) is 0 Å². The van der Waals surface area contributed by atoms with Gasteiger partial charge in [-0.3, -0.25) is 4.79 Å². The van der Waals surface area contributed by atoms with Crippen LogP contribution in [0.4, 0.5) is 17.1 Å². The number of carbonyl (C=O) groups excluding carboxylic acids is 1. The molecule has 0 aliphatic carbocycles. The van der Waals surface area contributed by atoms with Crippen LogP contribution in [0.1, 0.15) is 63.0 Å². The lowest BCUT2D eigenvalue weighted by molar-refractivity contribution is 0.112. The summed E-state index contributed by atoms with van der Waals surface area (Å²) >= 11 is 0. The molecule has 0 unspecified atom stereocenters. The number of furan rings is 1. The summed E-state index contributed by atoms with van der Waals surface area (Å²) in [7, 11) is 0. The van der Waals surface area contributed by atoms with E-state index in [0.717, 1.165) is 51.2 Å². The third kappa shape index (κ3) is 7.59. The molecule has 3 heteroatoms. The van der Waals surface area contributed by atoms with Crippen LogP contribution >= 0.6 is 0 Å². The third-order valence-electron chi connectivity index (χ3n) is 10.7. The van der Waals surface area contributed by atoms with Crippen molar-refractivity contribution in [3.05, 3.63) is 187 Å². The first-order valence-electron chi connectivity index (χ1n) is 19.3. The first kappa shape index (κ1) is 36.5. The van der Waals surface area contributed by atoms with E-state index in [2.05, 4.69) is 192 Å². The Kier molecular flexibility index (Phi) is 9.56. The first-order chi connectivity index (χ1) is 26.9. The number of fused-ring (bicyclic) bond motifs is 1. The summed E-state index contributed by atoms with van der Waals surface area (Å²) in [6.07, 6.45) is 0.841. The van der Waals surface area contributed by atoms with Gasteiger partial charge in [0.1, 0.15) is 17.6 Å². The van der Waals surface area contributed by atoms with Crippen molar-refractivity contribution in [2.24, 2.45) is 0 Å². The summed E-state index contributed by atoms with van der Waals surface area (Å²) in [4.78, 5) is 13.6. The average Bonchev–Trinajstić information content (AvgIpc) is 3.65. The summed E-state index contributed by atoms with van der Waals surface area (Å²) in [6.45, 7) is 13.5. The van der Waals surface area contributed by atoms with Gasteiger partial charge in [-0.25, -0.2) is 0 Å². The lowest BCUT2D eigenvalue weighted by atomic mass is 9.86. The Morgan fingerprint density at radius 3 is 1.11 bits per heavy atom. The Morgan fingerprint density at radius 2 is 0.750 bits per heavy atom. The van der Waals surface area contributed by atoms with Crippen molar-refractivity contribution in [1.29, 1.82) is 0 Å². The molecule has 7 aromatic carbocycles. The average molecular weight is 730 g/mol. The van der Waals surface area contributed by atoms with E-state index in [-0.39, 0.29) is 10.8 Å². The molecule has 1 heterocycles. The van der Waals surface area contributed by atoms with Crippen molar-refractivity contribution in [3.63, 3.8) is 0 Å². The highest BCUT2D eigenvalue weighted by molar-refractivity contribution is 5.89. The molecule has 3 nitrogen and oxygen atoms in total. The van der Waals surface area contributed by atoms with E-state index in [1.165, 1.54) is 33.4 Å². The van der Waals surface area contributed by atoms with Gasteiger partial charge in [-0.1, -0.05) is 163 Å². The van der Waals surface area contributed by atoms with Crippen molar-refractivity contribution in [2.45, 2.75) is 52.4 Å². The van der Waals surface area contributed by atoms with Crippen molar-refractivity contribution in [3.8, 4) is 44.7 Å². The smallest absolute Gasteiger partial charge is 0.150 e. The van der Waals surface area contributed by atoms with E-state index in [0.29, 0.717) is 11.1 Å². The molecule has 0 saturated carbocycles. The quantitative estimate of drug-likeness (QED) is 0.146. The zero-order chi connectivity index (χ0) is 39.0. The normalized spacial score (nSPS) is 11.8. The van der Waals surface area contributed by atoms with Gasteiger partial charge in [-0.05, 0) is 104 Å². The summed E-state index contributed by atoms with van der Waals surface area (Å²) in [5.74, 6) is 0.779. The standard InChI is InChI=1S/C53H47NO2/c1-52(2,3)45-23-13-38(14-24-45)41-19-29-48(30-20-41)54(49-31-21-42(22-32-49)39-15-25-46(26-16-39)53(4,5)6)47-27-17-40(18-28-47)37-9-11-43(12-10-37)51-34-44-8-7-36(35-55)33-50(44)56-51/h7-35H,1-6H3. The molecule has 1 aromatic heterocycles. The fourth-order valence-corrected chi connectivity index (χ4v) is 7.27. The van der Waals surface area contributed by atoms with Gasteiger partial charge in [0.15, 0.2) is 0 Å². The molecule has 0 bridgehead atoms. The fraction of sp³-hybridized carbons (Fsp3) is 0.151. The zero-order valence-corrected chi connectivity index (χ0v) is 33.0. The number of aldehydes is 1. The summed E-state index contributed by atoms with van der Waals surface area (Å²) in [5.41, 5.74) is 15.5. The minimum absolute atomic E-state index is 0.118. The SMILES string of the molecule is CC(C)(C)c1ccc(-c2ccc(N(c3ccc(-c4ccc(-c5cc6ccc(C=O)cc6o5)cc4)cc3)c3ccc(-c4ccc(C(C)(C)C)cc4)cc3)cc2)cc1. The monoisotopic (exact) mass is 729 g/mol. The van der Waals surface area contributed by atoms with Gasteiger partial charge in [0.25, 0.3) is 0 Å². The summed E-state index contributed by atoms with van der Waals surface area (Å²) < 4.78 is 6.10. The van der Waals surface area contributed by atoms with Crippen LogP contribution in [-0.4, -0.2) is 6.29 Å². The molecule has 8 rings (SSSR count). The van der Waals surface area contributed by atoms with Crippen LogP contribution in [0.3, 0.4) is 0 Å². The number of anilines is 3. The second kappa shape index (κ2) is 14.7. The molecule has 56 heavy (non-hydrogen) atoms. The van der Waals surface area contributed by atoms with Gasteiger partial charge in [0.05, 0.1) is 0 Å². The highest BCUT2D eigenvalue weighted by Crippen LogP contribution is 2.39. The largest absolute Gasteiger partial charge is 0.456 e. The molecule has 0 saturated heterocycles. The minimum Gasteiger partial charge on any atom is -0.456 e. The molecule has 0 amide bonds. The van der Waals surface area contributed by atoms with Crippen LogP contribution < -0.4 is 4.90 Å². The molecule has 0 fully saturated rings. The Hall–Kier alpha value is -6.45. The number of hydrogen-bond acceptors (Lipinski definition) is 3. The summed E-state index contributed by atoms with van der Waals surface area (Å²) in [5, 5.41) is 0.976. The number of rotatable bonds is 8. The van der Waals surface area contributed by atoms with Crippen LogP contribution in [0, 0.1) is 0 Å². The Bertz CT molecular complexity index is 2500. The predicted molar refractivity (Wildman–Crippen MR) is 235 cm³/mol. The molecule has 8 aromatic rings. The Balaban J connectivity index is 1.09. The van der Waals surface area contributed by atoms with Crippen molar-refractivity contribution < 1.29 is 9.21 Å². The van der Waals surface area contributed by atoms with Gasteiger partial charge < -0.3 is 9.32 Å². The van der Waals surface area contributed by atoms with E-state index >= 15 is 0 Å². The minimum atomic E-state index is 0.118. The molecule has 276 valence electrons. The fourth-order valence-electron chi connectivity index (χ4n) is 7.27. The van der Waals surface area contributed by atoms with Gasteiger partial charge in [-0.2, -0.15) is 0 Å². The molecule has 0 aliphatic heterocycles. The number of benzene rings is 7. The number of hydrogen-bond donors (Lipinski definition) is 0. The molecular formula is C53H47NO2. The second-order valence-corrected chi connectivity index (χ2v) is 16.7. The highest BCUT2D eigenvalue weighted by Gasteiger charge is 2.17. The maximum atomic E-state index is 11.2. The van der Waals surface area contributed by atoms with Crippen LogP contribution in [0.2, 0.25) is 0 Å². The molecule has 0 aliphatic rings. The van der Waals surface area contributed by atoms with E-state index in [1.807, 2.05) is 18.2 Å². The van der Waals surface area contributed by atoms with E-state index in [9.17, 15) is 4.79 Å². The topological polar surface area (TPSA) is 33.5 Å². The van der Waals surface area contributed by atoms with Gasteiger partial charge in [0.2, 0.25) is 0 Å². The third-order valence-corrected chi connectivity index (χ3v) is 10.7. The van der Waals surface area contributed by atoms with Crippen LogP contribution in [0.5, 0.6) is 0 Å². The lowest BCUT2D eigenvalue weighted by Crippen LogP contribution is -2.10. The van der Waals surface area contributed by atoms with Crippen LogP contribution in [0.25, 0.3) is 55.7 Å². The van der Waals surface area contributed by atoms with Crippen LogP contribution in [-0.2, 0) is 10.8 Å².